The minimum atomic E-state index is -0.539. The van der Waals surface area contributed by atoms with E-state index in [9.17, 15) is 14.4 Å². The van der Waals surface area contributed by atoms with Gasteiger partial charge in [0.25, 0.3) is 5.91 Å². The van der Waals surface area contributed by atoms with Crippen LogP contribution in [0.3, 0.4) is 0 Å². The van der Waals surface area contributed by atoms with E-state index < -0.39 is 11.5 Å². The Bertz CT molecular complexity index is 755. The van der Waals surface area contributed by atoms with E-state index in [1.54, 1.807) is 19.1 Å². The molecule has 2 aliphatic rings. The number of ketones is 1. The van der Waals surface area contributed by atoms with Crippen molar-refractivity contribution in [2.45, 2.75) is 57.9 Å². The van der Waals surface area contributed by atoms with Crippen LogP contribution < -0.4 is 5.32 Å². The minimum Gasteiger partial charge on any atom is -0.462 e. The summed E-state index contributed by atoms with van der Waals surface area (Å²) in [5, 5.41) is 3.09. The molecule has 1 fully saturated rings. The first-order chi connectivity index (χ1) is 12.5. The minimum absolute atomic E-state index is 0.0180. The fraction of sp³-hybridized carbons (Fsp3) is 0.476. The van der Waals surface area contributed by atoms with Gasteiger partial charge in [-0.05, 0) is 44.2 Å². The molecule has 1 aliphatic heterocycles. The Morgan fingerprint density at radius 3 is 2.35 bits per heavy atom. The first-order valence-corrected chi connectivity index (χ1v) is 9.30. The number of carbonyl (C=O) groups excluding carboxylic acids is 3. The number of carbonyl (C=O) groups is 3. The third-order valence-corrected chi connectivity index (χ3v) is 5.39. The summed E-state index contributed by atoms with van der Waals surface area (Å²) in [5.41, 5.74) is 2.21. The molecule has 1 aromatic carbocycles. The number of nitrogens with one attached hydrogen (secondary N) is 1. The number of amides is 1. The number of Topliss-reactive ketones (excluding diaryl/α,β-unsaturated/α-hetero) is 1. The van der Waals surface area contributed by atoms with E-state index in [0.717, 1.165) is 43.2 Å². The molecule has 1 amide bonds. The highest BCUT2D eigenvalue weighted by Gasteiger charge is 2.47. The third kappa shape index (κ3) is 3.43. The molecular weight excluding hydrogens is 330 g/mol. The van der Waals surface area contributed by atoms with E-state index in [1.807, 2.05) is 12.1 Å². The van der Waals surface area contributed by atoms with Gasteiger partial charge in [-0.3, -0.25) is 9.59 Å². The second-order valence-electron chi connectivity index (χ2n) is 7.10. The van der Waals surface area contributed by atoms with Gasteiger partial charge in [0.15, 0.2) is 5.78 Å². The second kappa shape index (κ2) is 7.44. The highest BCUT2D eigenvalue weighted by Crippen LogP contribution is 2.41. The van der Waals surface area contributed by atoms with Gasteiger partial charge in [0.05, 0.1) is 12.1 Å². The molecule has 3 rings (SSSR count). The van der Waals surface area contributed by atoms with Crippen molar-refractivity contribution in [2.24, 2.45) is 0 Å². The summed E-state index contributed by atoms with van der Waals surface area (Å²) in [5.74, 6) is -0.840. The van der Waals surface area contributed by atoms with Crippen LogP contribution >= 0.6 is 0 Å². The van der Waals surface area contributed by atoms with Crippen LogP contribution in [0.1, 0.15) is 61.9 Å². The van der Waals surface area contributed by atoms with Gasteiger partial charge < -0.3 is 10.1 Å². The van der Waals surface area contributed by atoms with Crippen LogP contribution in [0, 0.1) is 0 Å². The second-order valence-corrected chi connectivity index (χ2v) is 7.10. The molecule has 0 atom stereocenters. The zero-order chi connectivity index (χ0) is 18.7. The van der Waals surface area contributed by atoms with Gasteiger partial charge in [0.2, 0.25) is 0 Å². The quantitative estimate of drug-likeness (QED) is 0.500. The monoisotopic (exact) mass is 355 g/mol. The number of hydrogen-bond acceptors (Lipinski definition) is 4. The zero-order valence-corrected chi connectivity index (χ0v) is 15.4. The zero-order valence-electron chi connectivity index (χ0n) is 15.4. The van der Waals surface area contributed by atoms with Crippen molar-refractivity contribution in [3.05, 3.63) is 46.5 Å². The van der Waals surface area contributed by atoms with Crippen molar-refractivity contribution in [2.75, 3.05) is 6.61 Å². The summed E-state index contributed by atoms with van der Waals surface area (Å²) in [6.07, 6.45) is 5.41. The first-order valence-electron chi connectivity index (χ1n) is 9.30. The Kier molecular flexibility index (Phi) is 5.25. The number of hydrogen-bond donors (Lipinski definition) is 1. The van der Waals surface area contributed by atoms with E-state index in [0.29, 0.717) is 12.0 Å². The van der Waals surface area contributed by atoms with Crippen molar-refractivity contribution < 1.29 is 19.1 Å². The Morgan fingerprint density at radius 1 is 1.12 bits per heavy atom. The van der Waals surface area contributed by atoms with Crippen LogP contribution in [0.5, 0.6) is 0 Å². The van der Waals surface area contributed by atoms with Crippen molar-refractivity contribution in [1.82, 2.24) is 5.32 Å². The van der Waals surface area contributed by atoms with Crippen molar-refractivity contribution in [3.63, 3.8) is 0 Å². The lowest BCUT2D eigenvalue weighted by Crippen LogP contribution is -2.46. The Balaban J connectivity index is 1.98. The average molecular weight is 355 g/mol. The molecule has 0 radical (unpaired) electrons. The van der Waals surface area contributed by atoms with E-state index in [1.165, 1.54) is 6.92 Å². The standard InChI is InChI=1S/C21H25NO4/c1-3-26-20(25)18-17(13-15-7-9-16(10-8-15)14(2)23)21(22-19(18)24)11-5-4-6-12-21/h7-10H,3-6,11-13H2,1-2H3,(H,22,24). The summed E-state index contributed by atoms with van der Waals surface area (Å²) in [6.45, 7) is 3.51. The van der Waals surface area contributed by atoms with Crippen molar-refractivity contribution in [1.29, 1.82) is 0 Å². The fourth-order valence-electron chi connectivity index (χ4n) is 4.05. The van der Waals surface area contributed by atoms with Crippen LogP contribution in [0.4, 0.5) is 0 Å². The maximum Gasteiger partial charge on any atom is 0.343 e. The summed E-state index contributed by atoms with van der Waals surface area (Å²) >= 11 is 0. The van der Waals surface area contributed by atoms with Crippen molar-refractivity contribution in [3.8, 4) is 0 Å². The van der Waals surface area contributed by atoms with Gasteiger partial charge in [0, 0.05) is 5.56 Å². The maximum absolute atomic E-state index is 12.6. The predicted octanol–water partition coefficient (Wildman–Crippen LogP) is 3.12. The maximum atomic E-state index is 12.6. The van der Waals surface area contributed by atoms with E-state index in [2.05, 4.69) is 5.32 Å². The van der Waals surface area contributed by atoms with E-state index in [4.69, 9.17) is 4.74 Å². The molecule has 5 heteroatoms. The summed E-state index contributed by atoms with van der Waals surface area (Å²) in [4.78, 5) is 36.5. The number of benzene rings is 1. The lowest BCUT2D eigenvalue weighted by Gasteiger charge is -2.36. The molecule has 1 N–H and O–H groups in total. The Labute approximate surface area is 153 Å². The number of esters is 1. The Morgan fingerprint density at radius 2 is 1.77 bits per heavy atom. The number of ether oxygens (including phenoxy) is 1. The lowest BCUT2D eigenvalue weighted by atomic mass is 9.75. The first kappa shape index (κ1) is 18.4. The SMILES string of the molecule is CCOC(=O)C1=C(Cc2ccc(C(C)=O)cc2)C2(CCCCC2)NC1=O. The molecule has 1 aliphatic carbocycles. The molecule has 0 unspecified atom stereocenters. The predicted molar refractivity (Wildman–Crippen MR) is 97.8 cm³/mol. The smallest absolute Gasteiger partial charge is 0.343 e. The molecule has 1 saturated carbocycles. The van der Waals surface area contributed by atoms with Gasteiger partial charge in [0.1, 0.15) is 5.57 Å². The molecule has 138 valence electrons. The average Bonchev–Trinajstić information content (AvgIpc) is 2.87. The van der Waals surface area contributed by atoms with Crippen LogP contribution in [0.25, 0.3) is 0 Å². The normalized spacial score (nSPS) is 18.8. The highest BCUT2D eigenvalue weighted by atomic mass is 16.5. The summed E-state index contributed by atoms with van der Waals surface area (Å²) in [7, 11) is 0. The third-order valence-electron chi connectivity index (χ3n) is 5.39. The largest absolute Gasteiger partial charge is 0.462 e. The highest BCUT2D eigenvalue weighted by molar-refractivity contribution is 6.19. The Hall–Kier alpha value is -2.43. The molecule has 26 heavy (non-hydrogen) atoms. The molecule has 0 aromatic heterocycles. The van der Waals surface area contributed by atoms with E-state index >= 15 is 0 Å². The molecule has 1 heterocycles. The summed E-state index contributed by atoms with van der Waals surface area (Å²) < 4.78 is 5.15. The number of rotatable bonds is 5. The molecule has 1 aromatic rings. The van der Waals surface area contributed by atoms with Crippen LogP contribution in [0.15, 0.2) is 35.4 Å². The van der Waals surface area contributed by atoms with Crippen LogP contribution in [-0.2, 0) is 20.7 Å². The van der Waals surface area contributed by atoms with Gasteiger partial charge in [-0.1, -0.05) is 43.5 Å². The molecule has 1 spiro atoms. The van der Waals surface area contributed by atoms with Crippen LogP contribution in [0.2, 0.25) is 0 Å². The molecular formula is C21H25NO4. The van der Waals surface area contributed by atoms with E-state index in [-0.39, 0.29) is 23.9 Å². The van der Waals surface area contributed by atoms with Gasteiger partial charge in [-0.2, -0.15) is 0 Å². The topological polar surface area (TPSA) is 72.5 Å². The van der Waals surface area contributed by atoms with Crippen LogP contribution in [-0.4, -0.2) is 29.8 Å². The molecule has 5 nitrogen and oxygen atoms in total. The summed E-state index contributed by atoms with van der Waals surface area (Å²) in [6, 6.07) is 7.37. The molecule has 0 saturated heterocycles. The molecule has 0 bridgehead atoms. The van der Waals surface area contributed by atoms with Gasteiger partial charge in [-0.15, -0.1) is 0 Å². The fourth-order valence-corrected chi connectivity index (χ4v) is 4.05. The van der Waals surface area contributed by atoms with Gasteiger partial charge >= 0.3 is 5.97 Å². The van der Waals surface area contributed by atoms with Gasteiger partial charge in [-0.25, -0.2) is 4.79 Å². The lowest BCUT2D eigenvalue weighted by molar-refractivity contribution is -0.140. The van der Waals surface area contributed by atoms with Crippen molar-refractivity contribution >= 4 is 17.7 Å².